The van der Waals surface area contributed by atoms with Crippen LogP contribution in [0.15, 0.2) is 29.1 Å². The van der Waals surface area contributed by atoms with Crippen LogP contribution < -0.4 is 15.2 Å². The predicted octanol–water partition coefficient (Wildman–Crippen LogP) is 0.527. The molecule has 1 aromatic heterocycles. The summed E-state index contributed by atoms with van der Waals surface area (Å²) in [4.78, 5) is 28.8. The second kappa shape index (κ2) is 8.19. The molecule has 2 aromatic rings. The van der Waals surface area contributed by atoms with Gasteiger partial charge in [0.15, 0.2) is 5.69 Å². The normalized spacial score (nSPS) is 15.9. The number of hydrogen-bond acceptors (Lipinski definition) is 6. The van der Waals surface area contributed by atoms with Crippen molar-refractivity contribution in [2.75, 3.05) is 23.1 Å². The first-order chi connectivity index (χ1) is 13.7. The van der Waals surface area contributed by atoms with E-state index in [1.165, 1.54) is 19.2 Å². The Kier molecular flexibility index (Phi) is 5.87. The second-order valence-corrected chi connectivity index (χ2v) is 8.71. The number of carbonyl (C=O) groups is 1. The molecule has 156 valence electrons. The van der Waals surface area contributed by atoms with Gasteiger partial charge in [-0.25, -0.2) is 22.1 Å². The van der Waals surface area contributed by atoms with Gasteiger partial charge in [0.1, 0.15) is 5.82 Å². The summed E-state index contributed by atoms with van der Waals surface area (Å²) in [6, 6.07) is 5.76. The SMILES string of the molecule is Cn1c(N2CCCCS2(=O)=O)nc(C(=O)NCCc2ccc(F)cc2)c(O)c1=O. The molecule has 1 amide bonds. The van der Waals surface area contributed by atoms with E-state index in [-0.39, 0.29) is 30.6 Å². The summed E-state index contributed by atoms with van der Waals surface area (Å²) < 4.78 is 39.5. The number of hydrogen-bond donors (Lipinski definition) is 2. The lowest BCUT2D eigenvalue weighted by Gasteiger charge is -2.28. The zero-order chi connectivity index (χ0) is 21.2. The average molecular weight is 424 g/mol. The molecule has 2 N–H and O–H groups in total. The number of sulfonamides is 1. The molecule has 1 aromatic carbocycles. The van der Waals surface area contributed by atoms with Crippen molar-refractivity contribution in [1.29, 1.82) is 0 Å². The monoisotopic (exact) mass is 424 g/mol. The van der Waals surface area contributed by atoms with Crippen LogP contribution in [-0.4, -0.2) is 47.8 Å². The summed E-state index contributed by atoms with van der Waals surface area (Å²) in [5.41, 5.74) is -0.671. The largest absolute Gasteiger partial charge is 0.501 e. The zero-order valence-electron chi connectivity index (χ0n) is 15.8. The molecule has 2 heterocycles. The average Bonchev–Trinajstić information content (AvgIpc) is 2.68. The molecule has 11 heteroatoms. The van der Waals surface area contributed by atoms with E-state index in [0.717, 1.165) is 14.4 Å². The van der Waals surface area contributed by atoms with Gasteiger partial charge in [-0.1, -0.05) is 12.1 Å². The van der Waals surface area contributed by atoms with Gasteiger partial charge in [0.05, 0.1) is 5.75 Å². The maximum Gasteiger partial charge on any atom is 0.297 e. The van der Waals surface area contributed by atoms with Crippen molar-refractivity contribution in [2.45, 2.75) is 19.3 Å². The van der Waals surface area contributed by atoms with E-state index < -0.39 is 32.9 Å². The molecule has 0 radical (unpaired) electrons. The molecule has 1 saturated heterocycles. The molecule has 1 aliphatic heterocycles. The Morgan fingerprint density at radius 1 is 1.28 bits per heavy atom. The van der Waals surface area contributed by atoms with Crippen molar-refractivity contribution in [1.82, 2.24) is 14.9 Å². The van der Waals surface area contributed by atoms with E-state index >= 15 is 0 Å². The van der Waals surface area contributed by atoms with E-state index in [4.69, 9.17) is 0 Å². The lowest BCUT2D eigenvalue weighted by molar-refractivity contribution is 0.0945. The minimum atomic E-state index is -3.66. The van der Waals surface area contributed by atoms with E-state index in [1.807, 2.05) is 0 Å². The number of anilines is 1. The zero-order valence-corrected chi connectivity index (χ0v) is 16.6. The summed E-state index contributed by atoms with van der Waals surface area (Å²) in [7, 11) is -2.38. The van der Waals surface area contributed by atoms with Crippen LogP contribution in [0.25, 0.3) is 0 Å². The number of aromatic hydroxyl groups is 1. The minimum absolute atomic E-state index is 0.0804. The van der Waals surface area contributed by atoms with Crippen LogP contribution in [0.2, 0.25) is 0 Å². The molecule has 1 aliphatic rings. The van der Waals surface area contributed by atoms with Crippen molar-refractivity contribution >= 4 is 21.9 Å². The van der Waals surface area contributed by atoms with Crippen LogP contribution in [0.4, 0.5) is 10.3 Å². The number of aromatic nitrogens is 2. The molecular weight excluding hydrogens is 403 g/mol. The van der Waals surface area contributed by atoms with Crippen LogP contribution in [0.1, 0.15) is 28.9 Å². The van der Waals surface area contributed by atoms with Gasteiger partial charge in [-0.2, -0.15) is 0 Å². The molecule has 0 spiro atoms. The third-order valence-corrected chi connectivity index (χ3v) is 6.47. The lowest BCUT2D eigenvalue weighted by atomic mass is 10.1. The maximum atomic E-state index is 12.9. The molecular formula is C18H21FN4O5S. The second-order valence-electron chi connectivity index (χ2n) is 6.70. The topological polar surface area (TPSA) is 122 Å². The first-order valence-corrected chi connectivity index (χ1v) is 10.6. The first kappa shape index (κ1) is 20.8. The first-order valence-electron chi connectivity index (χ1n) is 9.04. The van der Waals surface area contributed by atoms with Crippen LogP contribution in [0.3, 0.4) is 0 Å². The summed E-state index contributed by atoms with van der Waals surface area (Å²) >= 11 is 0. The molecule has 0 bridgehead atoms. The third kappa shape index (κ3) is 4.39. The Balaban J connectivity index is 1.83. The quantitative estimate of drug-likeness (QED) is 0.722. The van der Waals surface area contributed by atoms with Gasteiger partial charge in [0.2, 0.25) is 21.7 Å². The molecule has 0 unspecified atom stereocenters. The standard InChI is InChI=1S/C18H21FN4O5S/c1-22-17(26)15(24)14(21-18(22)23-10-2-3-11-29(23,27)28)16(25)20-9-8-12-4-6-13(19)7-5-12/h4-7,24H,2-3,8-11H2,1H3,(H,20,25). The number of amides is 1. The fourth-order valence-electron chi connectivity index (χ4n) is 3.03. The number of halogens is 1. The van der Waals surface area contributed by atoms with Gasteiger partial charge in [-0.3, -0.25) is 14.2 Å². The van der Waals surface area contributed by atoms with Gasteiger partial charge >= 0.3 is 0 Å². The van der Waals surface area contributed by atoms with Crippen LogP contribution in [0, 0.1) is 5.82 Å². The van der Waals surface area contributed by atoms with Gasteiger partial charge in [-0.05, 0) is 37.0 Å². The van der Waals surface area contributed by atoms with E-state index in [2.05, 4.69) is 10.3 Å². The molecule has 1 fully saturated rings. The Morgan fingerprint density at radius 2 is 1.97 bits per heavy atom. The fourth-order valence-corrected chi connectivity index (χ4v) is 4.64. The highest BCUT2D eigenvalue weighted by Crippen LogP contribution is 2.22. The minimum Gasteiger partial charge on any atom is -0.501 e. The van der Waals surface area contributed by atoms with Gasteiger partial charge < -0.3 is 10.4 Å². The molecule has 3 rings (SSSR count). The van der Waals surface area contributed by atoms with Crippen molar-refractivity contribution in [3.63, 3.8) is 0 Å². The summed E-state index contributed by atoms with van der Waals surface area (Å²) in [5, 5.41) is 12.6. The lowest BCUT2D eigenvalue weighted by Crippen LogP contribution is -2.42. The van der Waals surface area contributed by atoms with Gasteiger partial charge in [0, 0.05) is 20.1 Å². The van der Waals surface area contributed by atoms with Gasteiger partial charge in [-0.15, -0.1) is 0 Å². The van der Waals surface area contributed by atoms with Crippen molar-refractivity contribution in [3.05, 3.63) is 51.7 Å². The third-order valence-electron chi connectivity index (χ3n) is 4.64. The number of carbonyl (C=O) groups excluding carboxylic acids is 1. The van der Waals surface area contributed by atoms with Crippen LogP contribution in [0.5, 0.6) is 5.75 Å². The number of nitrogens with zero attached hydrogens (tertiary/aromatic N) is 3. The number of nitrogens with one attached hydrogen (secondary N) is 1. The Morgan fingerprint density at radius 3 is 2.62 bits per heavy atom. The highest BCUT2D eigenvalue weighted by atomic mass is 32.2. The summed E-state index contributed by atoms with van der Waals surface area (Å²) in [6.07, 6.45) is 1.49. The summed E-state index contributed by atoms with van der Waals surface area (Å²) in [5.74, 6) is -2.32. The molecule has 9 nitrogen and oxygen atoms in total. The Labute approximate surface area is 166 Å². The fraction of sp³-hybridized carbons (Fsp3) is 0.389. The van der Waals surface area contributed by atoms with Crippen molar-refractivity contribution in [3.8, 4) is 5.75 Å². The highest BCUT2D eigenvalue weighted by Gasteiger charge is 2.31. The molecule has 29 heavy (non-hydrogen) atoms. The Hall–Kier alpha value is -2.95. The van der Waals surface area contributed by atoms with Crippen molar-refractivity contribution in [2.24, 2.45) is 7.05 Å². The Bertz CT molecular complexity index is 1080. The van der Waals surface area contributed by atoms with E-state index in [0.29, 0.717) is 19.3 Å². The van der Waals surface area contributed by atoms with E-state index in [9.17, 15) is 27.5 Å². The molecule has 0 atom stereocenters. The smallest absolute Gasteiger partial charge is 0.297 e. The number of rotatable bonds is 5. The number of benzene rings is 1. The molecule has 0 saturated carbocycles. The summed E-state index contributed by atoms with van der Waals surface area (Å²) in [6.45, 7) is 0.289. The van der Waals surface area contributed by atoms with Crippen molar-refractivity contribution < 1.29 is 22.7 Å². The predicted molar refractivity (Wildman–Crippen MR) is 104 cm³/mol. The highest BCUT2D eigenvalue weighted by molar-refractivity contribution is 7.92. The van der Waals surface area contributed by atoms with Gasteiger partial charge in [0.25, 0.3) is 11.5 Å². The van der Waals surface area contributed by atoms with E-state index in [1.54, 1.807) is 12.1 Å². The van der Waals surface area contributed by atoms with Crippen LogP contribution >= 0.6 is 0 Å². The maximum absolute atomic E-state index is 12.9. The van der Waals surface area contributed by atoms with Crippen LogP contribution in [-0.2, 0) is 23.5 Å². The molecule has 0 aliphatic carbocycles.